The van der Waals surface area contributed by atoms with Crippen molar-refractivity contribution in [2.24, 2.45) is 5.41 Å². The van der Waals surface area contributed by atoms with E-state index in [1.165, 1.54) is 63.0 Å². The SMILES string of the molecule is COC(=O)C1(C(=O)OC)Cc2c(C)cc(C3CCCCC3)c(C)c2C1. The number of aryl methyl sites for hydroxylation is 1. The summed E-state index contributed by atoms with van der Waals surface area (Å²) in [4.78, 5) is 25.0. The topological polar surface area (TPSA) is 52.6 Å². The number of hydrogen-bond acceptors (Lipinski definition) is 4. The number of rotatable bonds is 3. The Kier molecular flexibility index (Phi) is 4.90. The first-order valence-corrected chi connectivity index (χ1v) is 9.23. The van der Waals surface area contributed by atoms with E-state index in [2.05, 4.69) is 19.9 Å². The van der Waals surface area contributed by atoms with Crippen LogP contribution in [0.15, 0.2) is 6.07 Å². The Hall–Kier alpha value is -1.84. The zero-order valence-corrected chi connectivity index (χ0v) is 15.7. The molecule has 1 aromatic carbocycles. The number of fused-ring (bicyclic) bond motifs is 1. The van der Waals surface area contributed by atoms with Gasteiger partial charge in [-0.25, -0.2) is 0 Å². The third kappa shape index (κ3) is 2.86. The van der Waals surface area contributed by atoms with Crippen LogP contribution in [0.3, 0.4) is 0 Å². The number of ether oxygens (including phenoxy) is 2. The number of methoxy groups -OCH3 is 2. The van der Waals surface area contributed by atoms with Crippen LogP contribution < -0.4 is 0 Å². The van der Waals surface area contributed by atoms with Gasteiger partial charge in [-0.1, -0.05) is 25.3 Å². The van der Waals surface area contributed by atoms with Gasteiger partial charge in [-0.2, -0.15) is 0 Å². The first-order chi connectivity index (χ1) is 11.9. The number of benzene rings is 1. The molecule has 0 bridgehead atoms. The number of carbonyl (C=O) groups is 2. The second-order valence-electron chi connectivity index (χ2n) is 7.62. The number of esters is 2. The van der Waals surface area contributed by atoms with Gasteiger partial charge >= 0.3 is 11.9 Å². The van der Waals surface area contributed by atoms with Crippen LogP contribution in [0.25, 0.3) is 0 Å². The van der Waals surface area contributed by atoms with Crippen molar-refractivity contribution in [1.82, 2.24) is 0 Å². The largest absolute Gasteiger partial charge is 0.468 e. The van der Waals surface area contributed by atoms with Crippen molar-refractivity contribution in [3.63, 3.8) is 0 Å². The summed E-state index contributed by atoms with van der Waals surface area (Å²) in [6.07, 6.45) is 7.13. The molecule has 2 aliphatic rings. The molecule has 136 valence electrons. The fourth-order valence-corrected chi connectivity index (χ4v) is 4.82. The smallest absolute Gasteiger partial charge is 0.323 e. The molecule has 0 radical (unpaired) electrons. The van der Waals surface area contributed by atoms with Crippen LogP contribution in [0.4, 0.5) is 0 Å². The number of carbonyl (C=O) groups excluding carboxylic acids is 2. The maximum absolute atomic E-state index is 12.5. The molecule has 0 saturated heterocycles. The number of hydrogen-bond donors (Lipinski definition) is 0. The molecular weight excluding hydrogens is 316 g/mol. The van der Waals surface area contributed by atoms with Crippen molar-refractivity contribution in [3.8, 4) is 0 Å². The van der Waals surface area contributed by atoms with Gasteiger partial charge in [-0.3, -0.25) is 9.59 Å². The highest BCUT2D eigenvalue weighted by atomic mass is 16.5. The average Bonchev–Trinajstić information content (AvgIpc) is 3.07. The summed E-state index contributed by atoms with van der Waals surface area (Å²) in [6, 6.07) is 2.29. The van der Waals surface area contributed by atoms with Gasteiger partial charge in [0.2, 0.25) is 0 Å². The summed E-state index contributed by atoms with van der Waals surface area (Å²) in [5, 5.41) is 0. The van der Waals surface area contributed by atoms with Crippen molar-refractivity contribution in [2.45, 2.75) is 64.7 Å². The molecule has 0 atom stereocenters. The van der Waals surface area contributed by atoms with Crippen molar-refractivity contribution < 1.29 is 19.1 Å². The zero-order valence-electron chi connectivity index (χ0n) is 15.7. The van der Waals surface area contributed by atoms with Gasteiger partial charge in [0, 0.05) is 12.8 Å². The summed E-state index contributed by atoms with van der Waals surface area (Å²) >= 11 is 0. The lowest BCUT2D eigenvalue weighted by Crippen LogP contribution is -2.42. The molecule has 25 heavy (non-hydrogen) atoms. The quantitative estimate of drug-likeness (QED) is 0.618. The first kappa shape index (κ1) is 18.0. The van der Waals surface area contributed by atoms with E-state index in [1.807, 2.05) is 0 Å². The lowest BCUT2D eigenvalue weighted by atomic mass is 9.79. The fourth-order valence-electron chi connectivity index (χ4n) is 4.82. The minimum atomic E-state index is -1.23. The molecule has 0 N–H and O–H groups in total. The molecule has 4 heteroatoms. The monoisotopic (exact) mass is 344 g/mol. The van der Waals surface area contributed by atoms with E-state index in [9.17, 15) is 9.59 Å². The Bertz CT molecular complexity index is 682. The van der Waals surface area contributed by atoms with E-state index in [-0.39, 0.29) is 0 Å². The first-order valence-electron chi connectivity index (χ1n) is 9.23. The maximum Gasteiger partial charge on any atom is 0.323 e. The van der Waals surface area contributed by atoms with Gasteiger partial charge in [-0.15, -0.1) is 0 Å². The Morgan fingerprint density at radius 3 is 2.08 bits per heavy atom. The lowest BCUT2D eigenvalue weighted by Gasteiger charge is -2.26. The van der Waals surface area contributed by atoms with Crippen LogP contribution >= 0.6 is 0 Å². The van der Waals surface area contributed by atoms with Crippen molar-refractivity contribution in [2.75, 3.05) is 14.2 Å². The van der Waals surface area contributed by atoms with E-state index in [4.69, 9.17) is 9.47 Å². The predicted molar refractivity (Wildman–Crippen MR) is 95.6 cm³/mol. The van der Waals surface area contributed by atoms with E-state index in [0.29, 0.717) is 18.8 Å². The zero-order chi connectivity index (χ0) is 18.2. The van der Waals surface area contributed by atoms with Crippen LogP contribution in [0.5, 0.6) is 0 Å². The van der Waals surface area contributed by atoms with Crippen molar-refractivity contribution >= 4 is 11.9 Å². The van der Waals surface area contributed by atoms with E-state index >= 15 is 0 Å². The van der Waals surface area contributed by atoms with Gasteiger partial charge in [0.25, 0.3) is 0 Å². The molecule has 2 aliphatic carbocycles. The molecule has 1 fully saturated rings. The molecule has 0 unspecified atom stereocenters. The normalized spacial score (nSPS) is 19.4. The predicted octanol–water partition coefficient (Wildman–Crippen LogP) is 3.78. The van der Waals surface area contributed by atoms with Crippen LogP contribution in [0.1, 0.15) is 65.8 Å². The molecular formula is C21H28O4. The van der Waals surface area contributed by atoms with Gasteiger partial charge in [-0.05, 0) is 60.4 Å². The van der Waals surface area contributed by atoms with Crippen molar-refractivity contribution in [1.29, 1.82) is 0 Å². The minimum absolute atomic E-state index is 0.374. The Balaban J connectivity index is 2.05. The van der Waals surface area contributed by atoms with E-state index in [1.54, 1.807) is 0 Å². The summed E-state index contributed by atoms with van der Waals surface area (Å²) < 4.78 is 9.96. The molecule has 0 aliphatic heterocycles. The highest BCUT2D eigenvalue weighted by molar-refractivity contribution is 6.01. The standard InChI is InChI=1S/C21H28O4/c1-13-10-16(15-8-6-5-7-9-15)14(2)18-12-21(11-17(13)18,19(22)24-3)20(23)25-4/h10,15H,5-9,11-12H2,1-4H3. The lowest BCUT2D eigenvalue weighted by molar-refractivity contribution is -0.168. The third-order valence-corrected chi connectivity index (χ3v) is 6.25. The molecule has 4 nitrogen and oxygen atoms in total. The summed E-state index contributed by atoms with van der Waals surface area (Å²) in [5.41, 5.74) is 4.87. The highest BCUT2D eigenvalue weighted by Crippen LogP contribution is 2.45. The maximum atomic E-state index is 12.5. The molecule has 0 amide bonds. The van der Waals surface area contributed by atoms with Crippen LogP contribution in [-0.2, 0) is 31.9 Å². The van der Waals surface area contributed by atoms with Gasteiger partial charge < -0.3 is 9.47 Å². The summed E-state index contributed by atoms with van der Waals surface area (Å²) in [6.45, 7) is 4.24. The summed E-state index contributed by atoms with van der Waals surface area (Å²) in [7, 11) is 2.67. The Labute approximate surface area is 149 Å². The third-order valence-electron chi connectivity index (χ3n) is 6.25. The van der Waals surface area contributed by atoms with Crippen LogP contribution in [0.2, 0.25) is 0 Å². The second-order valence-corrected chi connectivity index (χ2v) is 7.62. The van der Waals surface area contributed by atoms with Crippen LogP contribution in [0, 0.1) is 19.3 Å². The van der Waals surface area contributed by atoms with Crippen molar-refractivity contribution in [3.05, 3.63) is 33.9 Å². The van der Waals surface area contributed by atoms with Gasteiger partial charge in [0.05, 0.1) is 14.2 Å². The molecule has 1 aromatic rings. The molecule has 0 aromatic heterocycles. The molecule has 1 saturated carbocycles. The highest BCUT2D eigenvalue weighted by Gasteiger charge is 2.53. The Morgan fingerprint density at radius 2 is 1.52 bits per heavy atom. The van der Waals surface area contributed by atoms with Crippen LogP contribution in [-0.4, -0.2) is 26.2 Å². The summed E-state index contributed by atoms with van der Waals surface area (Å²) in [5.74, 6) is -0.383. The Morgan fingerprint density at radius 1 is 0.960 bits per heavy atom. The van der Waals surface area contributed by atoms with E-state index < -0.39 is 17.4 Å². The van der Waals surface area contributed by atoms with E-state index in [0.717, 1.165) is 11.1 Å². The second kappa shape index (κ2) is 6.81. The fraction of sp³-hybridized carbons (Fsp3) is 0.619. The van der Waals surface area contributed by atoms with Gasteiger partial charge in [0.1, 0.15) is 0 Å². The molecule has 3 rings (SSSR count). The molecule has 0 heterocycles. The van der Waals surface area contributed by atoms with Gasteiger partial charge in [0.15, 0.2) is 5.41 Å². The average molecular weight is 344 g/mol. The molecule has 0 spiro atoms. The minimum Gasteiger partial charge on any atom is -0.468 e.